The lowest BCUT2D eigenvalue weighted by molar-refractivity contribution is 0.0995. The Morgan fingerprint density at radius 1 is 1.54 bits per heavy atom. The summed E-state index contributed by atoms with van der Waals surface area (Å²) in [5.74, 6) is -0.342. The number of pyridine rings is 1. The topological polar surface area (TPSA) is 56.0 Å². The molecule has 1 heterocycles. The van der Waals surface area contributed by atoms with Crippen LogP contribution in [0.15, 0.2) is 12.1 Å². The molecule has 0 aliphatic heterocycles. The molecule has 0 bridgehead atoms. The molecule has 4 heteroatoms. The molecule has 1 aromatic heterocycles. The first kappa shape index (κ1) is 9.99. The number of carbonyl (C=O) groups is 1. The van der Waals surface area contributed by atoms with E-state index in [1.54, 1.807) is 6.07 Å². The summed E-state index contributed by atoms with van der Waals surface area (Å²) in [6.45, 7) is 3.91. The van der Waals surface area contributed by atoms with Crippen LogP contribution in [0.3, 0.4) is 0 Å². The Morgan fingerprint density at radius 2 is 2.15 bits per heavy atom. The maximum Gasteiger partial charge on any atom is 0.267 e. The second-order valence-electron chi connectivity index (χ2n) is 3.08. The lowest BCUT2D eigenvalue weighted by atomic mass is 10.1. The molecule has 1 aromatic rings. The van der Waals surface area contributed by atoms with Crippen molar-refractivity contribution in [2.75, 3.05) is 0 Å². The highest BCUT2D eigenvalue weighted by molar-refractivity contribution is 6.31. The quantitative estimate of drug-likeness (QED) is 0.790. The van der Waals surface area contributed by atoms with E-state index in [0.717, 1.165) is 0 Å². The number of rotatable bonds is 2. The van der Waals surface area contributed by atoms with Gasteiger partial charge in [0.1, 0.15) is 5.69 Å². The predicted molar refractivity (Wildman–Crippen MR) is 51.9 cm³/mol. The Balaban J connectivity index is 3.19. The number of nitrogens with two attached hydrogens (primary N) is 1. The van der Waals surface area contributed by atoms with E-state index in [2.05, 4.69) is 4.98 Å². The molecular formula is C9H11ClN2O. The molecule has 0 aliphatic rings. The van der Waals surface area contributed by atoms with Crippen LogP contribution in [-0.4, -0.2) is 10.9 Å². The number of hydrogen-bond donors (Lipinski definition) is 1. The summed E-state index contributed by atoms with van der Waals surface area (Å²) in [5.41, 5.74) is 6.05. The Kier molecular flexibility index (Phi) is 2.88. The summed E-state index contributed by atoms with van der Waals surface area (Å²) >= 11 is 5.88. The van der Waals surface area contributed by atoms with E-state index in [4.69, 9.17) is 17.3 Å². The average molecular weight is 199 g/mol. The van der Waals surface area contributed by atoms with Crippen molar-refractivity contribution in [1.82, 2.24) is 4.98 Å². The average Bonchev–Trinajstić information content (AvgIpc) is 2.04. The summed E-state index contributed by atoms with van der Waals surface area (Å²) in [6, 6.07) is 3.17. The highest BCUT2D eigenvalue weighted by Gasteiger charge is 2.10. The number of amides is 1. The fraction of sp³-hybridized carbons (Fsp3) is 0.333. The zero-order valence-corrected chi connectivity index (χ0v) is 8.30. The summed E-state index contributed by atoms with van der Waals surface area (Å²) in [7, 11) is 0. The van der Waals surface area contributed by atoms with Gasteiger partial charge in [0.15, 0.2) is 0 Å². The summed E-state index contributed by atoms with van der Waals surface area (Å²) in [6.07, 6.45) is 0. The number of aromatic nitrogens is 1. The Morgan fingerprint density at radius 3 is 2.62 bits per heavy atom. The number of nitrogens with zero attached hydrogens (tertiary/aromatic N) is 1. The zero-order chi connectivity index (χ0) is 10.0. The lowest BCUT2D eigenvalue weighted by Gasteiger charge is -2.07. The first-order chi connectivity index (χ1) is 6.02. The van der Waals surface area contributed by atoms with Gasteiger partial charge in [0.2, 0.25) is 0 Å². The molecule has 0 unspecified atom stereocenters. The minimum Gasteiger partial charge on any atom is -0.364 e. The maximum absolute atomic E-state index is 10.8. The minimum atomic E-state index is -0.529. The van der Waals surface area contributed by atoms with Crippen molar-refractivity contribution in [2.45, 2.75) is 19.8 Å². The SMILES string of the molecule is CC(C)c1nc(C(N)=O)ccc1Cl. The van der Waals surface area contributed by atoms with Crippen LogP contribution in [0.5, 0.6) is 0 Å². The van der Waals surface area contributed by atoms with Crippen LogP contribution in [0.25, 0.3) is 0 Å². The van der Waals surface area contributed by atoms with Crippen LogP contribution in [0.1, 0.15) is 35.9 Å². The van der Waals surface area contributed by atoms with Gasteiger partial charge in [-0.2, -0.15) is 0 Å². The largest absolute Gasteiger partial charge is 0.364 e. The van der Waals surface area contributed by atoms with Crippen molar-refractivity contribution in [2.24, 2.45) is 5.73 Å². The monoisotopic (exact) mass is 198 g/mol. The number of hydrogen-bond acceptors (Lipinski definition) is 2. The van der Waals surface area contributed by atoms with Crippen LogP contribution in [-0.2, 0) is 0 Å². The third kappa shape index (κ3) is 2.18. The molecule has 3 nitrogen and oxygen atoms in total. The first-order valence-corrected chi connectivity index (χ1v) is 4.36. The van der Waals surface area contributed by atoms with Crippen molar-refractivity contribution in [3.63, 3.8) is 0 Å². The van der Waals surface area contributed by atoms with Crippen LogP contribution in [0.4, 0.5) is 0 Å². The van der Waals surface area contributed by atoms with Gasteiger partial charge in [-0.25, -0.2) is 4.98 Å². The van der Waals surface area contributed by atoms with Crippen LogP contribution < -0.4 is 5.73 Å². The highest BCUT2D eigenvalue weighted by Crippen LogP contribution is 2.21. The lowest BCUT2D eigenvalue weighted by Crippen LogP contribution is -2.14. The molecule has 0 aromatic carbocycles. The van der Waals surface area contributed by atoms with E-state index < -0.39 is 5.91 Å². The standard InChI is InChI=1S/C9H11ClN2O/c1-5(2)8-6(10)3-4-7(12-8)9(11)13/h3-5H,1-2H3,(H2,11,13). The Bertz CT molecular complexity index is 336. The van der Waals surface area contributed by atoms with E-state index in [1.807, 2.05) is 13.8 Å². The summed E-state index contributed by atoms with van der Waals surface area (Å²) in [5, 5.41) is 0.569. The van der Waals surface area contributed by atoms with Gasteiger partial charge in [-0.3, -0.25) is 4.79 Å². The van der Waals surface area contributed by atoms with E-state index in [-0.39, 0.29) is 11.6 Å². The molecule has 0 saturated carbocycles. The molecule has 70 valence electrons. The zero-order valence-electron chi connectivity index (χ0n) is 7.54. The van der Waals surface area contributed by atoms with Crippen LogP contribution in [0.2, 0.25) is 5.02 Å². The normalized spacial score (nSPS) is 10.5. The molecule has 0 aliphatic carbocycles. The number of primary amides is 1. The Labute approximate surface area is 81.9 Å². The molecule has 0 spiro atoms. The summed E-state index contributed by atoms with van der Waals surface area (Å²) in [4.78, 5) is 14.9. The third-order valence-electron chi connectivity index (χ3n) is 1.67. The van der Waals surface area contributed by atoms with Gasteiger partial charge < -0.3 is 5.73 Å². The fourth-order valence-corrected chi connectivity index (χ4v) is 1.32. The van der Waals surface area contributed by atoms with Crippen molar-refractivity contribution < 1.29 is 4.79 Å². The second-order valence-corrected chi connectivity index (χ2v) is 3.49. The molecule has 0 atom stereocenters. The molecular weight excluding hydrogens is 188 g/mol. The predicted octanol–water partition coefficient (Wildman–Crippen LogP) is 1.96. The number of carbonyl (C=O) groups excluding carboxylic acids is 1. The van der Waals surface area contributed by atoms with E-state index >= 15 is 0 Å². The molecule has 0 saturated heterocycles. The first-order valence-electron chi connectivity index (χ1n) is 3.98. The van der Waals surface area contributed by atoms with Crippen molar-refractivity contribution in [3.8, 4) is 0 Å². The fourth-order valence-electron chi connectivity index (χ4n) is 1.00. The van der Waals surface area contributed by atoms with E-state index in [9.17, 15) is 4.79 Å². The van der Waals surface area contributed by atoms with Gasteiger partial charge in [-0.1, -0.05) is 25.4 Å². The molecule has 0 radical (unpaired) electrons. The van der Waals surface area contributed by atoms with Crippen molar-refractivity contribution in [3.05, 3.63) is 28.5 Å². The van der Waals surface area contributed by atoms with Gasteiger partial charge in [0.05, 0.1) is 10.7 Å². The minimum absolute atomic E-state index is 0.187. The molecule has 2 N–H and O–H groups in total. The van der Waals surface area contributed by atoms with Crippen LogP contribution >= 0.6 is 11.6 Å². The molecule has 0 fully saturated rings. The smallest absolute Gasteiger partial charge is 0.267 e. The molecule has 1 rings (SSSR count). The number of halogens is 1. The van der Waals surface area contributed by atoms with Gasteiger partial charge in [0.25, 0.3) is 5.91 Å². The molecule has 1 amide bonds. The second kappa shape index (κ2) is 3.75. The maximum atomic E-state index is 10.8. The van der Waals surface area contributed by atoms with Crippen molar-refractivity contribution >= 4 is 17.5 Å². The third-order valence-corrected chi connectivity index (χ3v) is 1.99. The van der Waals surface area contributed by atoms with Gasteiger partial charge in [-0.05, 0) is 18.1 Å². The van der Waals surface area contributed by atoms with Gasteiger partial charge in [0, 0.05) is 0 Å². The Hall–Kier alpha value is -1.09. The van der Waals surface area contributed by atoms with E-state index in [1.165, 1.54) is 6.07 Å². The van der Waals surface area contributed by atoms with E-state index in [0.29, 0.717) is 10.7 Å². The van der Waals surface area contributed by atoms with Crippen molar-refractivity contribution in [1.29, 1.82) is 0 Å². The van der Waals surface area contributed by atoms with Gasteiger partial charge in [-0.15, -0.1) is 0 Å². The molecule has 13 heavy (non-hydrogen) atoms. The van der Waals surface area contributed by atoms with Gasteiger partial charge >= 0.3 is 0 Å². The summed E-state index contributed by atoms with van der Waals surface area (Å²) < 4.78 is 0. The van der Waals surface area contributed by atoms with Crippen LogP contribution in [0, 0.1) is 0 Å². The highest BCUT2D eigenvalue weighted by atomic mass is 35.5.